The van der Waals surface area contributed by atoms with Gasteiger partial charge >= 0.3 is 0 Å². The molecule has 0 aromatic carbocycles. The number of thiocarbonyl (C=S) groups is 1. The number of pyridine rings is 1. The molecule has 2 aliphatic rings. The second-order valence-corrected chi connectivity index (χ2v) is 10.7. The van der Waals surface area contributed by atoms with Gasteiger partial charge in [0.25, 0.3) is 11.5 Å². The zero-order chi connectivity index (χ0) is 24.8. The van der Waals surface area contributed by atoms with Gasteiger partial charge in [-0.05, 0) is 38.5 Å². The normalized spacial score (nSPS) is 18.3. The van der Waals surface area contributed by atoms with Crippen LogP contribution < -0.4 is 10.5 Å². The lowest BCUT2D eigenvalue weighted by atomic mass is 10.0. The number of likely N-dealkylation sites (N-methyl/N-ethyl adjacent to an activating group) is 1. The number of thioether (sulfide) groups is 1. The highest BCUT2D eigenvalue weighted by Gasteiger charge is 2.33. The van der Waals surface area contributed by atoms with E-state index in [1.807, 2.05) is 19.9 Å². The van der Waals surface area contributed by atoms with Crippen molar-refractivity contribution >= 4 is 46.1 Å². The molecule has 1 aromatic rings. The van der Waals surface area contributed by atoms with Crippen LogP contribution in [0.1, 0.15) is 62.6 Å². The van der Waals surface area contributed by atoms with Crippen LogP contribution in [0.25, 0.3) is 6.08 Å². The number of nitrogens with zero attached hydrogens (tertiary/aromatic N) is 5. The first-order valence-electron chi connectivity index (χ1n) is 12.2. The summed E-state index contributed by atoms with van der Waals surface area (Å²) in [5.41, 5.74) is 1.30. The number of hydrogen-bond acceptors (Lipinski definition) is 7. The average molecular weight is 502 g/mol. The molecule has 7 nitrogen and oxygen atoms in total. The summed E-state index contributed by atoms with van der Waals surface area (Å²) in [6, 6.07) is 2.12. The third-order valence-corrected chi connectivity index (χ3v) is 7.86. The average Bonchev–Trinajstić information content (AvgIpc) is 3.08. The van der Waals surface area contributed by atoms with Crippen LogP contribution in [0, 0.1) is 18.3 Å². The number of amides is 1. The number of anilines is 1. The lowest BCUT2D eigenvalue weighted by Gasteiger charge is -2.36. The number of carbonyl (C=O) groups excluding carboxylic acids is 1. The van der Waals surface area contributed by atoms with Crippen molar-refractivity contribution in [3.63, 3.8) is 0 Å². The fourth-order valence-corrected chi connectivity index (χ4v) is 5.75. The summed E-state index contributed by atoms with van der Waals surface area (Å²) >= 11 is 6.85. The molecule has 2 saturated heterocycles. The second-order valence-electron chi connectivity index (χ2n) is 8.99. The summed E-state index contributed by atoms with van der Waals surface area (Å²) in [6.45, 7) is 10.5. The minimum atomic E-state index is -0.253. The van der Waals surface area contributed by atoms with Crippen LogP contribution in [0.5, 0.6) is 0 Å². The predicted octanol–water partition coefficient (Wildman–Crippen LogP) is 3.97. The van der Waals surface area contributed by atoms with Crippen LogP contribution in [0.3, 0.4) is 0 Å². The maximum Gasteiger partial charge on any atom is 0.270 e. The van der Waals surface area contributed by atoms with Gasteiger partial charge in [0.05, 0.1) is 4.91 Å². The second kappa shape index (κ2) is 12.0. The molecule has 9 heteroatoms. The van der Waals surface area contributed by atoms with Crippen LogP contribution in [-0.2, 0) is 11.3 Å². The Hall–Kier alpha value is -2.15. The topological polar surface area (TPSA) is 72.6 Å². The Morgan fingerprint density at radius 1 is 1.06 bits per heavy atom. The Balaban J connectivity index is 2.08. The van der Waals surface area contributed by atoms with Gasteiger partial charge in [-0.3, -0.25) is 19.1 Å². The third-order valence-electron chi connectivity index (χ3n) is 6.48. The van der Waals surface area contributed by atoms with Crippen LogP contribution in [0.4, 0.5) is 5.82 Å². The molecule has 0 radical (unpaired) electrons. The Morgan fingerprint density at radius 3 is 2.38 bits per heavy atom. The van der Waals surface area contributed by atoms with Gasteiger partial charge in [-0.15, -0.1) is 0 Å². The number of rotatable bonds is 9. The first-order chi connectivity index (χ1) is 16.3. The van der Waals surface area contributed by atoms with E-state index in [4.69, 9.17) is 12.2 Å². The van der Waals surface area contributed by atoms with Crippen LogP contribution >= 0.6 is 24.0 Å². The van der Waals surface area contributed by atoms with Crippen molar-refractivity contribution in [1.29, 1.82) is 5.26 Å². The molecule has 1 aromatic heterocycles. The summed E-state index contributed by atoms with van der Waals surface area (Å²) in [7, 11) is 2.09. The minimum absolute atomic E-state index is 0.0815. The van der Waals surface area contributed by atoms with Gasteiger partial charge in [0.15, 0.2) is 0 Å². The number of piperazine rings is 1. The van der Waals surface area contributed by atoms with Crippen molar-refractivity contribution in [3.05, 3.63) is 31.9 Å². The van der Waals surface area contributed by atoms with E-state index in [0.29, 0.717) is 27.9 Å². The first kappa shape index (κ1) is 26.5. The van der Waals surface area contributed by atoms with Gasteiger partial charge in [0.1, 0.15) is 21.8 Å². The van der Waals surface area contributed by atoms with Gasteiger partial charge in [-0.1, -0.05) is 57.1 Å². The summed E-state index contributed by atoms with van der Waals surface area (Å²) in [5.74, 6) is 0.728. The SMILES string of the molecule is CCCCCCN1C(=O)/C(=C\c2c(C)c(C#N)c(=O)n(CCC)c2N2CCN(C)CC2)SC1=S. The van der Waals surface area contributed by atoms with Crippen molar-refractivity contribution in [2.24, 2.45) is 0 Å². The fourth-order valence-electron chi connectivity index (χ4n) is 4.45. The highest BCUT2D eigenvalue weighted by Crippen LogP contribution is 2.36. The standard InChI is InChI=1S/C25H35N5O2S2/c1-5-7-8-9-11-30-24(32)21(34-25(30)33)16-19-18(3)20(17-26)23(31)29(10-6-2)22(19)28-14-12-27(4)13-15-28/h16H,5-15H2,1-4H3/b21-16+. The fraction of sp³-hybridized carbons (Fsp3) is 0.600. The van der Waals surface area contributed by atoms with Crippen LogP contribution in [-0.4, -0.2) is 64.4 Å². The highest BCUT2D eigenvalue weighted by molar-refractivity contribution is 8.26. The highest BCUT2D eigenvalue weighted by atomic mass is 32.2. The van der Waals surface area contributed by atoms with E-state index in [2.05, 4.69) is 29.8 Å². The van der Waals surface area contributed by atoms with Crippen molar-refractivity contribution in [1.82, 2.24) is 14.4 Å². The molecule has 2 fully saturated rings. The predicted molar refractivity (Wildman–Crippen MR) is 144 cm³/mol. The number of unbranched alkanes of at least 4 members (excludes halogenated alkanes) is 3. The Labute approximate surface area is 212 Å². The monoisotopic (exact) mass is 501 g/mol. The van der Waals surface area contributed by atoms with Crippen molar-refractivity contribution in [2.45, 2.75) is 59.4 Å². The number of hydrogen-bond donors (Lipinski definition) is 0. The summed E-state index contributed by atoms with van der Waals surface area (Å²) in [5, 5.41) is 9.78. The van der Waals surface area contributed by atoms with E-state index in [1.165, 1.54) is 11.8 Å². The largest absolute Gasteiger partial charge is 0.355 e. The molecule has 0 N–H and O–H groups in total. The lowest BCUT2D eigenvalue weighted by molar-refractivity contribution is -0.122. The molecule has 0 saturated carbocycles. The van der Waals surface area contributed by atoms with E-state index in [1.54, 1.807) is 9.47 Å². The minimum Gasteiger partial charge on any atom is -0.355 e. The lowest BCUT2D eigenvalue weighted by Crippen LogP contribution is -2.47. The summed E-state index contributed by atoms with van der Waals surface area (Å²) in [4.78, 5) is 33.2. The molecule has 0 bridgehead atoms. The van der Waals surface area contributed by atoms with E-state index in [0.717, 1.165) is 69.7 Å². The molecule has 3 heterocycles. The summed E-state index contributed by atoms with van der Waals surface area (Å²) < 4.78 is 2.31. The van der Waals surface area contributed by atoms with Crippen LogP contribution in [0.2, 0.25) is 0 Å². The third kappa shape index (κ3) is 5.56. The number of carbonyl (C=O) groups is 1. The Kier molecular flexibility index (Phi) is 9.34. The quantitative estimate of drug-likeness (QED) is 0.288. The van der Waals surface area contributed by atoms with Crippen LogP contribution in [0.15, 0.2) is 9.70 Å². The van der Waals surface area contributed by atoms with E-state index < -0.39 is 0 Å². The van der Waals surface area contributed by atoms with Gasteiger partial charge in [-0.25, -0.2) is 0 Å². The van der Waals surface area contributed by atoms with Gasteiger partial charge in [0, 0.05) is 44.8 Å². The van der Waals surface area contributed by atoms with E-state index in [-0.39, 0.29) is 17.0 Å². The van der Waals surface area contributed by atoms with Crippen molar-refractivity contribution in [2.75, 3.05) is 44.7 Å². The maximum absolute atomic E-state index is 13.3. The van der Waals surface area contributed by atoms with Crippen molar-refractivity contribution in [3.8, 4) is 6.07 Å². The molecule has 34 heavy (non-hydrogen) atoms. The zero-order valence-electron chi connectivity index (χ0n) is 20.7. The molecule has 0 atom stereocenters. The molecular formula is C25H35N5O2S2. The Morgan fingerprint density at radius 2 is 1.76 bits per heavy atom. The smallest absolute Gasteiger partial charge is 0.270 e. The van der Waals surface area contributed by atoms with Gasteiger partial charge < -0.3 is 9.80 Å². The molecule has 3 rings (SSSR count). The van der Waals surface area contributed by atoms with E-state index >= 15 is 0 Å². The van der Waals surface area contributed by atoms with E-state index in [9.17, 15) is 14.9 Å². The molecule has 0 aliphatic carbocycles. The number of aromatic nitrogens is 1. The first-order valence-corrected chi connectivity index (χ1v) is 13.4. The molecule has 0 spiro atoms. The zero-order valence-corrected chi connectivity index (χ0v) is 22.4. The summed E-state index contributed by atoms with van der Waals surface area (Å²) in [6.07, 6.45) is 6.93. The van der Waals surface area contributed by atoms with Crippen molar-refractivity contribution < 1.29 is 4.79 Å². The molecule has 184 valence electrons. The maximum atomic E-state index is 13.3. The molecule has 2 aliphatic heterocycles. The number of nitriles is 1. The molecule has 1 amide bonds. The molecular weight excluding hydrogens is 466 g/mol. The molecule has 0 unspecified atom stereocenters. The van der Waals surface area contributed by atoms with Gasteiger partial charge in [0.2, 0.25) is 0 Å². The van der Waals surface area contributed by atoms with Gasteiger partial charge in [-0.2, -0.15) is 5.26 Å². The Bertz CT molecular complexity index is 1060.